The molecule has 6 heteroatoms. The summed E-state index contributed by atoms with van der Waals surface area (Å²) in [6.45, 7) is 1.75. The number of nitrogens with zero attached hydrogens (tertiary/aromatic N) is 2. The van der Waals surface area contributed by atoms with E-state index in [4.69, 9.17) is 9.84 Å². The van der Waals surface area contributed by atoms with Gasteiger partial charge in [0.25, 0.3) is 0 Å². The molecule has 2 aromatic rings. The van der Waals surface area contributed by atoms with Crippen LogP contribution in [0.1, 0.15) is 16.1 Å². The lowest BCUT2D eigenvalue weighted by Crippen LogP contribution is -1.99. The summed E-state index contributed by atoms with van der Waals surface area (Å²) in [6.07, 6.45) is 0. The number of phenols is 1. The number of carbonyl (C=O) groups is 1. The normalized spacial score (nSPS) is 10.5. The number of methoxy groups -OCH3 is 1. The smallest absolute Gasteiger partial charge is 0.356 e. The summed E-state index contributed by atoms with van der Waals surface area (Å²) in [4.78, 5) is 10.9. The van der Waals surface area contributed by atoms with Gasteiger partial charge in [0.1, 0.15) is 0 Å². The van der Waals surface area contributed by atoms with Crippen LogP contribution in [-0.4, -0.2) is 33.1 Å². The maximum Gasteiger partial charge on any atom is 0.356 e. The summed E-state index contributed by atoms with van der Waals surface area (Å²) in [7, 11) is 3.13. The Labute approximate surface area is 109 Å². The number of rotatable bonds is 3. The Morgan fingerprint density at radius 3 is 2.58 bits per heavy atom. The number of ether oxygens (including phenoxy) is 1. The molecule has 100 valence electrons. The summed E-state index contributed by atoms with van der Waals surface area (Å²) >= 11 is 0. The van der Waals surface area contributed by atoms with Crippen LogP contribution in [0.15, 0.2) is 18.2 Å². The topological polar surface area (TPSA) is 84.6 Å². The van der Waals surface area contributed by atoms with Crippen LogP contribution < -0.4 is 4.74 Å². The number of aromatic nitrogens is 2. The van der Waals surface area contributed by atoms with E-state index in [1.807, 2.05) is 0 Å². The first kappa shape index (κ1) is 12.9. The minimum Gasteiger partial charge on any atom is -0.504 e. The molecule has 6 nitrogen and oxygen atoms in total. The Balaban J connectivity index is 2.59. The zero-order chi connectivity index (χ0) is 14.2. The number of aromatic carboxylic acids is 1. The molecule has 0 aliphatic rings. The number of benzene rings is 1. The SMILES string of the molecule is COc1cc(-c2cc(C(=O)O)nn2C)cc(C)c1O. The molecule has 0 saturated heterocycles. The first-order valence-corrected chi connectivity index (χ1v) is 5.59. The van der Waals surface area contributed by atoms with Crippen molar-refractivity contribution in [2.75, 3.05) is 7.11 Å². The summed E-state index contributed by atoms with van der Waals surface area (Å²) < 4.78 is 6.57. The third-order valence-corrected chi connectivity index (χ3v) is 2.88. The summed E-state index contributed by atoms with van der Waals surface area (Å²) in [5.41, 5.74) is 1.99. The average Bonchev–Trinajstić information content (AvgIpc) is 2.75. The lowest BCUT2D eigenvalue weighted by molar-refractivity contribution is 0.0689. The number of aryl methyl sites for hydroxylation is 2. The molecule has 0 saturated carbocycles. The van der Waals surface area contributed by atoms with Gasteiger partial charge in [0.2, 0.25) is 0 Å². The first-order valence-electron chi connectivity index (χ1n) is 5.59. The van der Waals surface area contributed by atoms with Gasteiger partial charge in [-0.25, -0.2) is 4.79 Å². The Hall–Kier alpha value is -2.50. The Morgan fingerprint density at radius 2 is 2.05 bits per heavy atom. The van der Waals surface area contributed by atoms with Crippen LogP contribution in [0.3, 0.4) is 0 Å². The third-order valence-electron chi connectivity index (χ3n) is 2.88. The molecule has 2 rings (SSSR count). The molecule has 0 bridgehead atoms. The van der Waals surface area contributed by atoms with Gasteiger partial charge >= 0.3 is 5.97 Å². The number of carboxylic acid groups (broad SMARTS) is 1. The first-order chi connectivity index (χ1) is 8.93. The van der Waals surface area contributed by atoms with Gasteiger partial charge in [-0.1, -0.05) is 0 Å². The van der Waals surface area contributed by atoms with Gasteiger partial charge in [-0.3, -0.25) is 4.68 Å². The van der Waals surface area contributed by atoms with Crippen molar-refractivity contribution in [2.24, 2.45) is 7.05 Å². The Bertz CT molecular complexity index is 646. The van der Waals surface area contributed by atoms with E-state index >= 15 is 0 Å². The standard InChI is InChI=1S/C13H14N2O4/c1-7-4-8(5-11(19-3)12(7)16)10-6-9(13(17)18)14-15(10)2/h4-6,16H,1-3H3,(H,17,18). The van der Waals surface area contributed by atoms with Crippen molar-refractivity contribution in [2.45, 2.75) is 6.92 Å². The Kier molecular flexibility index (Phi) is 3.16. The molecule has 1 aromatic heterocycles. The fraction of sp³-hybridized carbons (Fsp3) is 0.231. The van der Waals surface area contributed by atoms with Crippen LogP contribution in [0.25, 0.3) is 11.3 Å². The van der Waals surface area contributed by atoms with E-state index in [0.717, 1.165) is 5.56 Å². The van der Waals surface area contributed by atoms with Gasteiger partial charge < -0.3 is 14.9 Å². The maximum atomic E-state index is 10.9. The predicted molar refractivity (Wildman–Crippen MR) is 68.6 cm³/mol. The van der Waals surface area contributed by atoms with E-state index in [2.05, 4.69) is 5.10 Å². The van der Waals surface area contributed by atoms with Crippen LogP contribution >= 0.6 is 0 Å². The predicted octanol–water partition coefficient (Wildman–Crippen LogP) is 1.81. The molecule has 0 aliphatic carbocycles. The molecular weight excluding hydrogens is 248 g/mol. The molecule has 0 radical (unpaired) electrons. The molecular formula is C13H14N2O4. The zero-order valence-electron chi connectivity index (χ0n) is 10.8. The second-order valence-corrected chi connectivity index (χ2v) is 4.19. The molecule has 1 heterocycles. The number of hydrogen-bond acceptors (Lipinski definition) is 4. The quantitative estimate of drug-likeness (QED) is 0.881. The van der Waals surface area contributed by atoms with Crippen LogP contribution in [0.2, 0.25) is 0 Å². The lowest BCUT2D eigenvalue weighted by atomic mass is 10.1. The lowest BCUT2D eigenvalue weighted by Gasteiger charge is -2.09. The monoisotopic (exact) mass is 262 g/mol. The third kappa shape index (κ3) is 2.24. The van der Waals surface area contributed by atoms with Crippen molar-refractivity contribution < 1.29 is 19.7 Å². The minimum absolute atomic E-state index is 0.0257. The fourth-order valence-electron chi connectivity index (χ4n) is 1.89. The number of aromatic hydroxyl groups is 1. The highest BCUT2D eigenvalue weighted by atomic mass is 16.5. The molecule has 0 atom stereocenters. The second-order valence-electron chi connectivity index (χ2n) is 4.19. The molecule has 0 unspecified atom stereocenters. The van der Waals surface area contributed by atoms with E-state index in [-0.39, 0.29) is 11.4 Å². The number of carboxylic acids is 1. The van der Waals surface area contributed by atoms with Gasteiger partial charge in [0.05, 0.1) is 12.8 Å². The van der Waals surface area contributed by atoms with Crippen LogP contribution in [0.4, 0.5) is 0 Å². The van der Waals surface area contributed by atoms with Crippen molar-refractivity contribution >= 4 is 5.97 Å². The van der Waals surface area contributed by atoms with E-state index in [0.29, 0.717) is 17.0 Å². The molecule has 0 amide bonds. The maximum absolute atomic E-state index is 10.9. The summed E-state index contributed by atoms with van der Waals surface area (Å²) in [5.74, 6) is -0.663. The van der Waals surface area contributed by atoms with Crippen LogP contribution in [-0.2, 0) is 7.05 Å². The highest BCUT2D eigenvalue weighted by Gasteiger charge is 2.15. The molecule has 0 aliphatic heterocycles. The highest BCUT2D eigenvalue weighted by molar-refractivity contribution is 5.87. The number of hydrogen-bond donors (Lipinski definition) is 2. The van der Waals surface area contributed by atoms with Crippen molar-refractivity contribution in [3.05, 3.63) is 29.5 Å². The largest absolute Gasteiger partial charge is 0.504 e. The molecule has 19 heavy (non-hydrogen) atoms. The van der Waals surface area contributed by atoms with Gasteiger partial charge in [0.15, 0.2) is 17.2 Å². The molecule has 1 aromatic carbocycles. The van der Waals surface area contributed by atoms with Crippen molar-refractivity contribution in [3.8, 4) is 22.8 Å². The van der Waals surface area contributed by atoms with Crippen LogP contribution in [0, 0.1) is 6.92 Å². The van der Waals surface area contributed by atoms with E-state index in [9.17, 15) is 9.90 Å². The highest BCUT2D eigenvalue weighted by Crippen LogP contribution is 2.34. The van der Waals surface area contributed by atoms with Gasteiger partial charge in [0, 0.05) is 12.6 Å². The molecule has 2 N–H and O–H groups in total. The van der Waals surface area contributed by atoms with E-state index in [1.165, 1.54) is 17.9 Å². The second kappa shape index (κ2) is 4.64. The van der Waals surface area contributed by atoms with E-state index < -0.39 is 5.97 Å². The average molecular weight is 262 g/mol. The fourth-order valence-corrected chi connectivity index (χ4v) is 1.89. The minimum atomic E-state index is -1.08. The van der Waals surface area contributed by atoms with Crippen molar-refractivity contribution in [1.29, 1.82) is 0 Å². The van der Waals surface area contributed by atoms with Gasteiger partial charge in [-0.2, -0.15) is 5.10 Å². The van der Waals surface area contributed by atoms with Gasteiger partial charge in [-0.15, -0.1) is 0 Å². The number of phenolic OH excluding ortho intramolecular Hbond substituents is 1. The molecule has 0 fully saturated rings. The summed E-state index contributed by atoms with van der Waals surface area (Å²) in [6, 6.07) is 4.87. The zero-order valence-corrected chi connectivity index (χ0v) is 10.8. The summed E-state index contributed by atoms with van der Waals surface area (Å²) in [5, 5.41) is 22.6. The van der Waals surface area contributed by atoms with E-state index in [1.54, 1.807) is 26.1 Å². The van der Waals surface area contributed by atoms with Crippen LogP contribution in [0.5, 0.6) is 11.5 Å². The molecule has 0 spiro atoms. The van der Waals surface area contributed by atoms with Gasteiger partial charge in [-0.05, 0) is 30.7 Å². The van der Waals surface area contributed by atoms with Crippen molar-refractivity contribution in [1.82, 2.24) is 9.78 Å². The Morgan fingerprint density at radius 1 is 1.37 bits per heavy atom. The van der Waals surface area contributed by atoms with Crippen molar-refractivity contribution in [3.63, 3.8) is 0 Å².